The summed E-state index contributed by atoms with van der Waals surface area (Å²) in [5.41, 5.74) is 2.51. The van der Waals surface area contributed by atoms with Gasteiger partial charge in [-0.05, 0) is 54.6 Å². The number of halogens is 2. The minimum Gasteiger partial charge on any atom is -0.267 e. The molecule has 0 unspecified atom stereocenters. The highest BCUT2D eigenvalue weighted by Gasteiger charge is 2.17. The molecule has 5 nitrogen and oxygen atoms in total. The van der Waals surface area contributed by atoms with E-state index in [1.807, 2.05) is 36.4 Å². The average molecular weight is 426 g/mol. The number of nitrogens with zero attached hydrogens (tertiary/aromatic N) is 4. The van der Waals surface area contributed by atoms with Crippen LogP contribution in [0.3, 0.4) is 0 Å². The molecule has 3 heterocycles. The van der Waals surface area contributed by atoms with Gasteiger partial charge in [0, 0.05) is 15.7 Å². The molecule has 26 heavy (non-hydrogen) atoms. The van der Waals surface area contributed by atoms with Crippen molar-refractivity contribution >= 4 is 55.1 Å². The van der Waals surface area contributed by atoms with Crippen LogP contribution < -0.4 is 5.56 Å². The van der Waals surface area contributed by atoms with E-state index in [4.69, 9.17) is 16.6 Å². The van der Waals surface area contributed by atoms with Gasteiger partial charge in [0.25, 0.3) is 5.56 Å². The van der Waals surface area contributed by atoms with Crippen LogP contribution in [-0.2, 0) is 0 Å². The number of benzene rings is 2. The van der Waals surface area contributed by atoms with E-state index >= 15 is 0 Å². The van der Waals surface area contributed by atoms with Gasteiger partial charge in [0.15, 0.2) is 11.3 Å². The second-order valence-electron chi connectivity index (χ2n) is 5.88. The Morgan fingerprint density at radius 2 is 1.77 bits per heavy atom. The molecule has 0 fully saturated rings. The standard InChI is InChI=1S/C19H10BrClN4O/c20-11-3-8-16-15(10-11)19(26)25-18(23-16)14-2-1-9-22-17(14)24(25)13-6-4-12(21)5-7-13/h1-10H. The molecule has 0 amide bonds. The fourth-order valence-corrected chi connectivity index (χ4v) is 3.65. The molecule has 3 aromatic heterocycles. The molecular formula is C19H10BrClN4O. The molecule has 5 aromatic rings. The Morgan fingerprint density at radius 1 is 0.962 bits per heavy atom. The van der Waals surface area contributed by atoms with E-state index in [0.717, 1.165) is 15.5 Å². The largest absolute Gasteiger partial charge is 0.281 e. The van der Waals surface area contributed by atoms with Crippen LogP contribution in [0.15, 0.2) is 70.1 Å². The highest BCUT2D eigenvalue weighted by molar-refractivity contribution is 9.10. The zero-order valence-corrected chi connectivity index (χ0v) is 15.6. The quantitative estimate of drug-likeness (QED) is 0.394. The maximum Gasteiger partial charge on any atom is 0.281 e. The number of rotatable bonds is 1. The van der Waals surface area contributed by atoms with E-state index in [-0.39, 0.29) is 5.56 Å². The zero-order valence-electron chi connectivity index (χ0n) is 13.2. The molecule has 0 bridgehead atoms. The van der Waals surface area contributed by atoms with Crippen molar-refractivity contribution in [1.82, 2.24) is 19.2 Å². The van der Waals surface area contributed by atoms with Gasteiger partial charge in [-0.1, -0.05) is 27.5 Å². The minimum atomic E-state index is -0.153. The molecular weight excluding hydrogens is 416 g/mol. The molecule has 0 atom stereocenters. The second-order valence-corrected chi connectivity index (χ2v) is 7.23. The lowest BCUT2D eigenvalue weighted by atomic mass is 10.2. The van der Waals surface area contributed by atoms with Gasteiger partial charge in [-0.15, -0.1) is 0 Å². The van der Waals surface area contributed by atoms with Crippen molar-refractivity contribution in [3.63, 3.8) is 0 Å². The van der Waals surface area contributed by atoms with E-state index in [0.29, 0.717) is 27.2 Å². The summed E-state index contributed by atoms with van der Waals surface area (Å²) < 4.78 is 4.17. The molecule has 0 saturated heterocycles. The summed E-state index contributed by atoms with van der Waals surface area (Å²) in [5.74, 6) is 0. The zero-order chi connectivity index (χ0) is 17.8. The van der Waals surface area contributed by atoms with E-state index in [1.165, 1.54) is 0 Å². The average Bonchev–Trinajstić information content (AvgIpc) is 2.98. The summed E-state index contributed by atoms with van der Waals surface area (Å²) >= 11 is 9.45. The predicted octanol–water partition coefficient (Wildman–Crippen LogP) is 4.60. The Balaban J connectivity index is 2.05. The summed E-state index contributed by atoms with van der Waals surface area (Å²) in [4.78, 5) is 22.5. The van der Waals surface area contributed by atoms with Crippen molar-refractivity contribution in [1.29, 1.82) is 0 Å². The van der Waals surface area contributed by atoms with Crippen molar-refractivity contribution in [2.75, 3.05) is 0 Å². The number of hydrogen-bond donors (Lipinski definition) is 0. The summed E-state index contributed by atoms with van der Waals surface area (Å²) in [7, 11) is 0. The molecule has 0 N–H and O–H groups in total. The summed E-state index contributed by atoms with van der Waals surface area (Å²) in [5, 5.41) is 1.97. The molecule has 0 aliphatic rings. The molecule has 0 saturated carbocycles. The third-order valence-electron chi connectivity index (χ3n) is 4.31. The topological polar surface area (TPSA) is 52.2 Å². The Bertz CT molecular complexity index is 1370. The molecule has 0 aliphatic heterocycles. The third-order valence-corrected chi connectivity index (χ3v) is 5.05. The van der Waals surface area contributed by atoms with Gasteiger partial charge in [-0.2, -0.15) is 4.52 Å². The van der Waals surface area contributed by atoms with Gasteiger partial charge < -0.3 is 0 Å². The Morgan fingerprint density at radius 3 is 2.58 bits per heavy atom. The van der Waals surface area contributed by atoms with E-state index in [1.54, 1.807) is 33.6 Å². The highest BCUT2D eigenvalue weighted by atomic mass is 79.9. The maximum absolute atomic E-state index is 13.3. The molecule has 0 aliphatic carbocycles. The Kier molecular flexibility index (Phi) is 3.38. The van der Waals surface area contributed by atoms with Gasteiger partial charge in [0.1, 0.15) is 0 Å². The lowest BCUT2D eigenvalue weighted by Crippen LogP contribution is -2.21. The first-order valence-corrected chi connectivity index (χ1v) is 9.04. The maximum atomic E-state index is 13.3. The Hall–Kier alpha value is -2.70. The number of pyridine rings is 1. The summed E-state index contributed by atoms with van der Waals surface area (Å²) in [6.07, 6.45) is 1.70. The fourth-order valence-electron chi connectivity index (χ4n) is 3.16. The lowest BCUT2D eigenvalue weighted by Gasteiger charge is -2.08. The van der Waals surface area contributed by atoms with Crippen molar-refractivity contribution < 1.29 is 0 Å². The van der Waals surface area contributed by atoms with Crippen LogP contribution in [0.1, 0.15) is 0 Å². The molecule has 0 spiro atoms. The van der Waals surface area contributed by atoms with Crippen LogP contribution in [-0.4, -0.2) is 19.2 Å². The lowest BCUT2D eigenvalue weighted by molar-refractivity contribution is 0.786. The van der Waals surface area contributed by atoms with Crippen molar-refractivity contribution in [2.45, 2.75) is 0 Å². The smallest absolute Gasteiger partial charge is 0.267 e. The van der Waals surface area contributed by atoms with E-state index in [9.17, 15) is 4.79 Å². The van der Waals surface area contributed by atoms with Crippen molar-refractivity contribution in [2.24, 2.45) is 0 Å². The highest BCUT2D eigenvalue weighted by Crippen LogP contribution is 2.25. The summed E-state index contributed by atoms with van der Waals surface area (Å²) in [6, 6.07) is 16.5. The summed E-state index contributed by atoms with van der Waals surface area (Å²) in [6.45, 7) is 0. The monoisotopic (exact) mass is 424 g/mol. The van der Waals surface area contributed by atoms with Crippen LogP contribution in [0.4, 0.5) is 0 Å². The normalized spacial score (nSPS) is 11.6. The molecule has 0 radical (unpaired) electrons. The number of aromatic nitrogens is 4. The molecule has 5 rings (SSSR count). The van der Waals surface area contributed by atoms with Gasteiger partial charge >= 0.3 is 0 Å². The van der Waals surface area contributed by atoms with Gasteiger partial charge in [0.05, 0.1) is 22.0 Å². The van der Waals surface area contributed by atoms with Gasteiger partial charge in [-0.3, -0.25) is 4.79 Å². The molecule has 2 aromatic carbocycles. The fraction of sp³-hybridized carbons (Fsp3) is 0. The van der Waals surface area contributed by atoms with Gasteiger partial charge in [0.2, 0.25) is 0 Å². The van der Waals surface area contributed by atoms with Crippen LogP contribution in [0.2, 0.25) is 5.02 Å². The number of fused-ring (bicyclic) bond motifs is 4. The van der Waals surface area contributed by atoms with Crippen LogP contribution in [0.5, 0.6) is 0 Å². The number of hydrogen-bond acceptors (Lipinski definition) is 3. The molecule has 126 valence electrons. The minimum absolute atomic E-state index is 0.153. The van der Waals surface area contributed by atoms with Gasteiger partial charge in [-0.25, -0.2) is 14.6 Å². The predicted molar refractivity (Wildman–Crippen MR) is 106 cm³/mol. The SMILES string of the molecule is O=c1c2cc(Br)ccc2nc2c3cccnc3n(-c3ccc(Cl)cc3)n12. The first-order valence-electron chi connectivity index (χ1n) is 7.87. The van der Waals surface area contributed by atoms with Crippen LogP contribution in [0, 0.1) is 0 Å². The van der Waals surface area contributed by atoms with E-state index < -0.39 is 0 Å². The first kappa shape index (κ1) is 15.5. The third kappa shape index (κ3) is 2.19. The Labute approximate surface area is 160 Å². The van der Waals surface area contributed by atoms with Crippen LogP contribution >= 0.6 is 27.5 Å². The first-order chi connectivity index (χ1) is 12.6. The van der Waals surface area contributed by atoms with E-state index in [2.05, 4.69) is 20.9 Å². The van der Waals surface area contributed by atoms with Crippen LogP contribution in [0.25, 0.3) is 33.3 Å². The van der Waals surface area contributed by atoms with Crippen molar-refractivity contribution in [3.05, 3.63) is 80.6 Å². The molecule has 7 heteroatoms. The second kappa shape index (κ2) is 5.65. The van der Waals surface area contributed by atoms with Crippen molar-refractivity contribution in [3.8, 4) is 5.69 Å².